The number of unbranched alkanes of at least 4 members (excludes halogenated alkanes) is 16. The molecule has 0 aliphatic heterocycles. The van der Waals surface area contributed by atoms with Gasteiger partial charge in [-0.3, -0.25) is 23.4 Å². The van der Waals surface area contributed by atoms with Crippen LogP contribution in [0.1, 0.15) is 142 Å². The highest BCUT2D eigenvalue weighted by Crippen LogP contribution is 2.43. The van der Waals surface area contributed by atoms with Crippen molar-refractivity contribution in [2.75, 3.05) is 19.8 Å². The lowest BCUT2D eigenvalue weighted by atomic mass is 10.1. The maximum absolute atomic E-state index is 12.4. The Morgan fingerprint density at radius 1 is 0.643 bits per heavy atom. The number of phosphoric acid groups is 1. The molecule has 0 heterocycles. The van der Waals surface area contributed by atoms with Gasteiger partial charge in [-0.15, -0.1) is 0 Å². The summed E-state index contributed by atoms with van der Waals surface area (Å²) in [5.74, 6) is -2.38. The van der Waals surface area contributed by atoms with E-state index in [4.69, 9.17) is 24.8 Å². The van der Waals surface area contributed by atoms with Gasteiger partial charge in [-0.05, 0) is 12.8 Å². The summed E-state index contributed by atoms with van der Waals surface area (Å²) in [5, 5.41) is 8.80. The van der Waals surface area contributed by atoms with Gasteiger partial charge in [-0.2, -0.15) is 0 Å². The van der Waals surface area contributed by atoms with Crippen molar-refractivity contribution in [2.45, 2.75) is 154 Å². The molecule has 0 saturated carbocycles. The Bertz CT molecular complexity index is 752. The maximum Gasteiger partial charge on any atom is 0.472 e. The number of carbonyl (C=O) groups is 3. The molecule has 11 nitrogen and oxygen atoms in total. The first-order chi connectivity index (χ1) is 20.1. The van der Waals surface area contributed by atoms with Crippen molar-refractivity contribution in [1.29, 1.82) is 0 Å². The Balaban J connectivity index is 4.54. The lowest BCUT2D eigenvalue weighted by Crippen LogP contribution is -2.34. The van der Waals surface area contributed by atoms with E-state index in [0.29, 0.717) is 12.8 Å². The summed E-state index contributed by atoms with van der Waals surface area (Å²) in [6, 6.07) is -1.51. The summed E-state index contributed by atoms with van der Waals surface area (Å²) in [7, 11) is -4.69. The molecule has 0 spiro atoms. The summed E-state index contributed by atoms with van der Waals surface area (Å²) >= 11 is 0. The second-order valence-corrected chi connectivity index (χ2v) is 12.4. The predicted molar refractivity (Wildman–Crippen MR) is 162 cm³/mol. The molecule has 0 bridgehead atoms. The summed E-state index contributed by atoms with van der Waals surface area (Å²) in [6.45, 7) is 2.71. The monoisotopic (exact) mass is 623 g/mol. The third-order valence-corrected chi connectivity index (χ3v) is 7.81. The normalized spacial score (nSPS) is 14.2. The molecule has 1 unspecified atom stereocenters. The van der Waals surface area contributed by atoms with Gasteiger partial charge in [0, 0.05) is 12.8 Å². The molecule has 0 saturated heterocycles. The van der Waals surface area contributed by atoms with E-state index in [0.717, 1.165) is 38.5 Å². The molecule has 0 fully saturated rings. The fourth-order valence-corrected chi connectivity index (χ4v) is 5.02. The standard InChI is InChI=1S/C30H58NO10P/c1-3-5-7-9-11-13-15-17-19-21-28(32)38-23-26(24-39-42(36,37)40-25-27(31)30(34)35)41-29(33)22-20-18-16-14-12-10-8-6-4-2/h26-27H,3-25,31H2,1-2H3,(H,34,35)(H,36,37)/t26-,27+/m1/s1. The molecule has 0 aliphatic rings. The van der Waals surface area contributed by atoms with Gasteiger partial charge in [0.05, 0.1) is 13.2 Å². The summed E-state index contributed by atoms with van der Waals surface area (Å²) < 4.78 is 32.3. The molecule has 0 aliphatic carbocycles. The van der Waals surface area contributed by atoms with E-state index in [9.17, 15) is 23.8 Å². The van der Waals surface area contributed by atoms with Crippen LogP contribution >= 0.6 is 7.82 Å². The number of carboxylic acid groups (broad SMARTS) is 1. The van der Waals surface area contributed by atoms with Crippen LogP contribution in [0.15, 0.2) is 0 Å². The predicted octanol–water partition coefficient (Wildman–Crippen LogP) is 6.83. The number of carboxylic acids is 1. The molecule has 248 valence electrons. The van der Waals surface area contributed by atoms with Gasteiger partial charge in [0.2, 0.25) is 0 Å². The second kappa shape index (κ2) is 27.1. The quantitative estimate of drug-likeness (QED) is 0.0435. The Morgan fingerprint density at radius 3 is 1.50 bits per heavy atom. The highest BCUT2D eigenvalue weighted by Gasteiger charge is 2.28. The van der Waals surface area contributed by atoms with E-state index < -0.39 is 51.1 Å². The van der Waals surface area contributed by atoms with Crippen LogP contribution in [0.2, 0.25) is 0 Å². The topological polar surface area (TPSA) is 172 Å². The Kier molecular flexibility index (Phi) is 26.1. The van der Waals surface area contributed by atoms with Crippen LogP contribution in [0.4, 0.5) is 0 Å². The zero-order chi connectivity index (χ0) is 31.5. The van der Waals surface area contributed by atoms with Gasteiger partial charge < -0.3 is 25.2 Å². The molecule has 0 aromatic heterocycles. The molecule has 42 heavy (non-hydrogen) atoms. The van der Waals surface area contributed by atoms with Crippen LogP contribution in [0, 0.1) is 0 Å². The Labute approximate surface area is 253 Å². The molecule has 3 atom stereocenters. The fourth-order valence-electron chi connectivity index (χ4n) is 4.24. The molecule has 0 rings (SSSR count). The summed E-state index contributed by atoms with van der Waals surface area (Å²) in [4.78, 5) is 45.3. The number of hydrogen-bond donors (Lipinski definition) is 3. The van der Waals surface area contributed by atoms with Gasteiger partial charge >= 0.3 is 25.7 Å². The average molecular weight is 624 g/mol. The van der Waals surface area contributed by atoms with Crippen LogP contribution in [0.25, 0.3) is 0 Å². The van der Waals surface area contributed by atoms with Crippen LogP contribution < -0.4 is 5.73 Å². The third-order valence-electron chi connectivity index (χ3n) is 6.86. The highest BCUT2D eigenvalue weighted by atomic mass is 31.2. The third kappa shape index (κ3) is 26.1. The molecule has 0 amide bonds. The lowest BCUT2D eigenvalue weighted by molar-refractivity contribution is -0.161. The average Bonchev–Trinajstić information content (AvgIpc) is 2.95. The number of aliphatic carboxylic acids is 1. The Hall–Kier alpha value is -1.52. The number of esters is 2. The molecule has 0 aromatic carbocycles. The minimum absolute atomic E-state index is 0.166. The van der Waals surface area contributed by atoms with Gasteiger partial charge in [-0.25, -0.2) is 4.57 Å². The van der Waals surface area contributed by atoms with Gasteiger partial charge in [-0.1, -0.05) is 117 Å². The van der Waals surface area contributed by atoms with E-state index in [-0.39, 0.29) is 19.4 Å². The SMILES string of the molecule is CCCCCCCCCCCC(=O)OC[C@H](COP(=O)(O)OC[C@H](N)C(=O)O)OC(=O)CCCCCCCCCCC. The van der Waals surface area contributed by atoms with Crippen molar-refractivity contribution in [2.24, 2.45) is 5.73 Å². The Morgan fingerprint density at radius 2 is 1.05 bits per heavy atom. The lowest BCUT2D eigenvalue weighted by Gasteiger charge is -2.20. The largest absolute Gasteiger partial charge is 0.480 e. The van der Waals surface area contributed by atoms with Gasteiger partial charge in [0.25, 0.3) is 0 Å². The van der Waals surface area contributed by atoms with Gasteiger partial charge in [0.15, 0.2) is 6.10 Å². The maximum atomic E-state index is 12.4. The number of nitrogens with two attached hydrogens (primary N) is 1. The first kappa shape index (κ1) is 40.5. The summed E-state index contributed by atoms with van der Waals surface area (Å²) in [6.07, 6.45) is 19.2. The van der Waals surface area contributed by atoms with E-state index in [2.05, 4.69) is 18.4 Å². The van der Waals surface area contributed by atoms with Crippen molar-refractivity contribution < 1.29 is 47.5 Å². The first-order valence-corrected chi connectivity index (χ1v) is 17.6. The minimum atomic E-state index is -4.69. The van der Waals surface area contributed by atoms with E-state index in [1.165, 1.54) is 64.2 Å². The fraction of sp³-hybridized carbons (Fsp3) is 0.900. The molecular weight excluding hydrogens is 565 g/mol. The van der Waals surface area contributed by atoms with Crippen molar-refractivity contribution in [3.63, 3.8) is 0 Å². The molecule has 0 aromatic rings. The van der Waals surface area contributed by atoms with Crippen molar-refractivity contribution in [1.82, 2.24) is 0 Å². The van der Waals surface area contributed by atoms with E-state index in [1.807, 2.05) is 0 Å². The number of ether oxygens (including phenoxy) is 2. The minimum Gasteiger partial charge on any atom is -0.480 e. The van der Waals surface area contributed by atoms with Crippen molar-refractivity contribution >= 4 is 25.7 Å². The van der Waals surface area contributed by atoms with E-state index >= 15 is 0 Å². The molecule has 4 N–H and O–H groups in total. The molecular formula is C30H58NO10P. The zero-order valence-electron chi connectivity index (χ0n) is 26.1. The number of hydrogen-bond acceptors (Lipinski definition) is 9. The van der Waals surface area contributed by atoms with E-state index in [1.54, 1.807) is 0 Å². The van der Waals surface area contributed by atoms with Crippen LogP contribution in [-0.4, -0.2) is 59.9 Å². The number of phosphoric ester groups is 1. The smallest absolute Gasteiger partial charge is 0.472 e. The van der Waals surface area contributed by atoms with Crippen molar-refractivity contribution in [3.05, 3.63) is 0 Å². The van der Waals surface area contributed by atoms with Crippen LogP contribution in [-0.2, 0) is 37.5 Å². The zero-order valence-corrected chi connectivity index (χ0v) is 27.0. The molecule has 12 heteroatoms. The number of rotatable bonds is 30. The van der Waals surface area contributed by atoms with Crippen LogP contribution in [0.3, 0.4) is 0 Å². The summed E-state index contributed by atoms with van der Waals surface area (Å²) in [5.41, 5.74) is 5.28. The van der Waals surface area contributed by atoms with Crippen LogP contribution in [0.5, 0.6) is 0 Å². The molecule has 0 radical (unpaired) electrons. The first-order valence-electron chi connectivity index (χ1n) is 16.1. The van der Waals surface area contributed by atoms with Gasteiger partial charge in [0.1, 0.15) is 12.6 Å². The highest BCUT2D eigenvalue weighted by molar-refractivity contribution is 7.47. The number of carbonyl (C=O) groups excluding carboxylic acids is 2. The van der Waals surface area contributed by atoms with Crippen molar-refractivity contribution in [3.8, 4) is 0 Å². The second-order valence-electron chi connectivity index (χ2n) is 11.0.